The molecule has 0 aromatic rings. The van der Waals surface area contributed by atoms with Crippen LogP contribution in [0.1, 0.15) is 32.1 Å². The Balaban J connectivity index is 2.29. The largest absolute Gasteiger partial charge is 0.418 e. The van der Waals surface area contributed by atoms with Crippen molar-refractivity contribution in [3.8, 4) is 12.3 Å². The van der Waals surface area contributed by atoms with Crippen LogP contribution in [-0.4, -0.2) is 20.4 Å². The number of hydrogen-bond donors (Lipinski definition) is 0. The molecule has 0 aromatic carbocycles. The van der Waals surface area contributed by atoms with Crippen LogP contribution < -0.4 is 0 Å². The molecule has 1 saturated carbocycles. The van der Waals surface area contributed by atoms with Crippen molar-refractivity contribution in [1.82, 2.24) is 0 Å². The third kappa shape index (κ3) is 1.06. The van der Waals surface area contributed by atoms with Gasteiger partial charge in [-0.1, -0.05) is 0 Å². The highest BCUT2D eigenvalue weighted by Gasteiger charge is 2.58. The average molecular weight is 178 g/mol. The molecule has 2 fully saturated rings. The van der Waals surface area contributed by atoms with Gasteiger partial charge in [-0.15, -0.1) is 12.3 Å². The van der Waals surface area contributed by atoms with Gasteiger partial charge in [-0.25, -0.2) is 0 Å². The zero-order valence-corrected chi connectivity index (χ0v) is 8.14. The minimum Gasteiger partial charge on any atom is -0.418 e. The molecule has 2 rings (SSSR count). The topological polar surface area (TPSA) is 18.5 Å². The van der Waals surface area contributed by atoms with E-state index in [1.165, 1.54) is 6.42 Å². The summed E-state index contributed by atoms with van der Waals surface area (Å²) in [5, 5.41) is 0. The fraction of sp³-hybridized carbons (Fsp3) is 0.800. The third-order valence-corrected chi connectivity index (χ3v) is 3.66. The first-order valence-corrected chi connectivity index (χ1v) is 4.91. The first-order chi connectivity index (χ1) is 6.29. The second kappa shape index (κ2) is 3.04. The number of rotatable bonds is 2. The fourth-order valence-electron chi connectivity index (χ4n) is 2.95. The molecule has 70 valence electrons. The number of ether oxygens (including phenoxy) is 1. The quantitative estimate of drug-likeness (QED) is 0.461. The van der Waals surface area contributed by atoms with Crippen molar-refractivity contribution in [3.05, 3.63) is 0 Å². The van der Waals surface area contributed by atoms with Gasteiger partial charge in [-0.2, -0.15) is 0 Å². The smallest absolute Gasteiger partial charge is 0.261 e. The molecule has 0 aromatic heterocycles. The summed E-state index contributed by atoms with van der Waals surface area (Å²) in [6.45, 7) is 0.801. The van der Waals surface area contributed by atoms with E-state index < -0.39 is 0 Å². The lowest BCUT2D eigenvalue weighted by molar-refractivity contribution is -0.188. The van der Waals surface area contributed by atoms with Gasteiger partial charge in [0.25, 0.3) is 8.05 Å². The van der Waals surface area contributed by atoms with Crippen LogP contribution in [0.2, 0.25) is 0 Å². The van der Waals surface area contributed by atoms with E-state index in [9.17, 15) is 0 Å². The first-order valence-electron chi connectivity index (χ1n) is 4.91. The summed E-state index contributed by atoms with van der Waals surface area (Å²) in [6.07, 6.45) is 10.6. The molecule has 2 unspecified atom stereocenters. The minimum absolute atomic E-state index is 0.122. The van der Waals surface area contributed by atoms with E-state index in [0.717, 1.165) is 32.3 Å². The summed E-state index contributed by atoms with van der Waals surface area (Å²) in [4.78, 5) is 0. The van der Waals surface area contributed by atoms with Gasteiger partial charge >= 0.3 is 0 Å². The van der Waals surface area contributed by atoms with E-state index in [1.807, 2.05) is 0 Å². The predicted molar refractivity (Wildman–Crippen MR) is 52.7 cm³/mol. The Hall–Kier alpha value is -0.455. The average Bonchev–Trinajstić information content (AvgIpc) is 2.59. The monoisotopic (exact) mass is 178 g/mol. The van der Waals surface area contributed by atoms with Gasteiger partial charge in [0.2, 0.25) is 0 Å². The second-order valence-corrected chi connectivity index (χ2v) is 4.07. The van der Waals surface area contributed by atoms with Crippen molar-refractivity contribution in [2.45, 2.75) is 37.9 Å². The molecule has 1 heterocycles. The van der Waals surface area contributed by atoms with Gasteiger partial charge in [0.05, 0.1) is 6.61 Å². The number of terminal acetylenes is 1. The Labute approximate surface area is 80.4 Å². The van der Waals surface area contributed by atoms with Crippen LogP contribution in [0.5, 0.6) is 0 Å². The maximum Gasteiger partial charge on any atom is 0.261 e. The zero-order chi connectivity index (χ0) is 9.36. The van der Waals surface area contributed by atoms with Crippen molar-refractivity contribution < 1.29 is 9.39 Å². The van der Waals surface area contributed by atoms with E-state index in [0.29, 0.717) is 0 Å². The van der Waals surface area contributed by atoms with Crippen LogP contribution in [0, 0.1) is 17.8 Å². The Morgan fingerprint density at radius 3 is 3.00 bits per heavy atom. The lowest BCUT2D eigenvalue weighted by Gasteiger charge is -2.37. The van der Waals surface area contributed by atoms with Crippen LogP contribution in [0.15, 0.2) is 0 Å². The molecule has 3 heteroatoms. The van der Waals surface area contributed by atoms with Crippen molar-refractivity contribution in [2.24, 2.45) is 5.41 Å². The Morgan fingerprint density at radius 2 is 2.31 bits per heavy atom. The lowest BCUT2D eigenvalue weighted by atomic mass is 9.77. The van der Waals surface area contributed by atoms with Gasteiger partial charge in [0, 0.05) is 18.3 Å². The zero-order valence-electron chi connectivity index (χ0n) is 8.14. The molecular formula is C10H15BO2. The van der Waals surface area contributed by atoms with Crippen LogP contribution in [0.4, 0.5) is 0 Å². The fourth-order valence-corrected chi connectivity index (χ4v) is 2.95. The minimum atomic E-state index is -0.348. The van der Waals surface area contributed by atoms with Crippen molar-refractivity contribution >= 4 is 8.05 Å². The summed E-state index contributed by atoms with van der Waals surface area (Å²) < 4.78 is 11.3. The summed E-state index contributed by atoms with van der Waals surface area (Å²) in [5.41, 5.74) is 0.122. The van der Waals surface area contributed by atoms with Crippen LogP contribution in [-0.2, 0) is 9.39 Å². The highest BCUT2D eigenvalue weighted by atomic mass is 16.7. The molecule has 1 saturated heterocycles. The molecule has 2 nitrogen and oxygen atoms in total. The number of hydrogen-bond acceptors (Lipinski definition) is 2. The first kappa shape index (κ1) is 9.11. The lowest BCUT2D eigenvalue weighted by Crippen LogP contribution is -2.42. The van der Waals surface area contributed by atoms with Crippen molar-refractivity contribution in [1.29, 1.82) is 0 Å². The van der Waals surface area contributed by atoms with Crippen LogP contribution >= 0.6 is 0 Å². The van der Waals surface area contributed by atoms with Crippen molar-refractivity contribution in [3.63, 3.8) is 0 Å². The summed E-state index contributed by atoms with van der Waals surface area (Å²) >= 11 is 0. The van der Waals surface area contributed by atoms with Crippen LogP contribution in [0.25, 0.3) is 0 Å². The standard InChI is InChI=1S/C10H15BO2/c1-2-4-9-5-3-6-10(9,13-11)12-8-7-9/h1H,3-8,11H2. The summed E-state index contributed by atoms with van der Waals surface area (Å²) in [6, 6.07) is 0. The van der Waals surface area contributed by atoms with E-state index in [1.54, 1.807) is 8.05 Å². The molecule has 0 amide bonds. The molecular weight excluding hydrogens is 163 g/mol. The highest BCUT2D eigenvalue weighted by Crippen LogP contribution is 2.57. The Kier molecular flexibility index (Phi) is 2.13. The third-order valence-electron chi connectivity index (χ3n) is 3.66. The predicted octanol–water partition coefficient (Wildman–Crippen LogP) is 0.861. The van der Waals surface area contributed by atoms with E-state index >= 15 is 0 Å². The van der Waals surface area contributed by atoms with Crippen LogP contribution in [0.3, 0.4) is 0 Å². The van der Waals surface area contributed by atoms with Gasteiger partial charge in [0.1, 0.15) is 0 Å². The molecule has 0 spiro atoms. The van der Waals surface area contributed by atoms with Crippen molar-refractivity contribution in [2.75, 3.05) is 6.61 Å². The molecule has 2 aliphatic rings. The van der Waals surface area contributed by atoms with Gasteiger partial charge in [-0.3, -0.25) is 0 Å². The Morgan fingerprint density at radius 1 is 1.46 bits per heavy atom. The molecule has 2 atom stereocenters. The molecule has 0 bridgehead atoms. The normalized spacial score (nSPS) is 43.0. The maximum absolute atomic E-state index is 5.75. The summed E-state index contributed by atoms with van der Waals surface area (Å²) in [7, 11) is 1.74. The molecule has 0 N–H and O–H groups in total. The van der Waals surface area contributed by atoms with Gasteiger partial charge in [-0.05, 0) is 19.3 Å². The van der Waals surface area contributed by atoms with Gasteiger partial charge in [0.15, 0.2) is 5.79 Å². The molecule has 1 aliphatic carbocycles. The highest BCUT2D eigenvalue weighted by molar-refractivity contribution is 5.98. The molecule has 1 aliphatic heterocycles. The van der Waals surface area contributed by atoms with Gasteiger partial charge < -0.3 is 9.39 Å². The number of fused-ring (bicyclic) bond motifs is 1. The summed E-state index contributed by atoms with van der Waals surface area (Å²) in [5.74, 6) is 2.42. The Bertz CT molecular complexity index is 234. The van der Waals surface area contributed by atoms with E-state index in [-0.39, 0.29) is 11.2 Å². The van der Waals surface area contributed by atoms with E-state index in [2.05, 4.69) is 5.92 Å². The molecule has 0 radical (unpaired) electrons. The van der Waals surface area contributed by atoms with E-state index in [4.69, 9.17) is 15.8 Å². The maximum atomic E-state index is 5.75. The second-order valence-electron chi connectivity index (χ2n) is 4.07. The molecule has 13 heavy (non-hydrogen) atoms. The SMILES string of the molecule is BOC12CCCC1(CC#C)CCO2.